The molecule has 4 amide bonds. The van der Waals surface area contributed by atoms with E-state index in [2.05, 4.69) is 20.5 Å². The summed E-state index contributed by atoms with van der Waals surface area (Å²) in [4.78, 5) is 53.1. The molecule has 0 atom stereocenters. The third kappa shape index (κ3) is 4.99. The molecule has 52 heavy (non-hydrogen) atoms. The van der Waals surface area contributed by atoms with E-state index in [1.54, 1.807) is 72.8 Å². The lowest BCUT2D eigenvalue weighted by Gasteiger charge is -2.24. The summed E-state index contributed by atoms with van der Waals surface area (Å²) in [5.74, 6) is -2.41. The van der Waals surface area contributed by atoms with Gasteiger partial charge in [-0.3, -0.25) is 29.0 Å². The van der Waals surface area contributed by atoms with Crippen molar-refractivity contribution < 1.29 is 29.4 Å². The maximum atomic E-state index is 12.9. The SMILES string of the molecule is CN1C(=O)c2cccc3c(O)c(N=Nc4ccc(-c5ccc(N=Nc6cc7c8c(cccc8c6O)C(=O)N(C)C7=O)c(Cl)c5)cc4Cl)cc(c23)C1=O. The molecule has 6 aromatic carbocycles. The number of amides is 4. The number of aromatic hydroxyl groups is 2. The van der Waals surface area contributed by atoms with E-state index in [0.29, 0.717) is 43.8 Å². The third-order valence-corrected chi connectivity index (χ3v) is 9.73. The minimum absolute atomic E-state index is 0.0302. The van der Waals surface area contributed by atoms with Crippen molar-refractivity contribution in [1.82, 2.24) is 9.80 Å². The van der Waals surface area contributed by atoms with Crippen LogP contribution in [-0.2, 0) is 0 Å². The standard InChI is InChI=1S/C38H22Cl2N6O6/c1-45-35(49)21-7-3-5-19-31(21)23(37(45)51)15-29(33(19)47)43-41-27-11-9-17(13-25(27)39)18-10-12-28(26(40)14-18)42-44-30-16-24-32-20(34(30)48)6-4-8-22(32)36(50)46(2)38(24)52/h3-16,47-48H,1-2H3. The fourth-order valence-corrected chi connectivity index (χ4v) is 6.85. The lowest BCUT2D eigenvalue weighted by atomic mass is 9.93. The van der Waals surface area contributed by atoms with E-state index in [9.17, 15) is 29.4 Å². The Morgan fingerprint density at radius 1 is 0.481 bits per heavy atom. The molecule has 0 saturated heterocycles. The molecule has 0 radical (unpaired) electrons. The quantitative estimate of drug-likeness (QED) is 0.132. The lowest BCUT2D eigenvalue weighted by Crippen LogP contribution is -2.36. The van der Waals surface area contributed by atoms with Crippen LogP contribution in [0.3, 0.4) is 0 Å². The highest BCUT2D eigenvalue weighted by Gasteiger charge is 2.33. The van der Waals surface area contributed by atoms with Crippen LogP contribution < -0.4 is 0 Å². The molecule has 2 N–H and O–H groups in total. The summed E-state index contributed by atoms with van der Waals surface area (Å²) in [6.07, 6.45) is 0. The van der Waals surface area contributed by atoms with Gasteiger partial charge in [-0.15, -0.1) is 20.5 Å². The van der Waals surface area contributed by atoms with Gasteiger partial charge in [-0.05, 0) is 59.7 Å². The van der Waals surface area contributed by atoms with Crippen LogP contribution in [-0.4, -0.2) is 57.7 Å². The monoisotopic (exact) mass is 728 g/mol. The highest BCUT2D eigenvalue weighted by molar-refractivity contribution is 6.34. The normalized spacial score (nSPS) is 14.2. The van der Waals surface area contributed by atoms with Crippen molar-refractivity contribution in [2.24, 2.45) is 20.5 Å². The Kier molecular flexibility index (Phi) is 7.59. The minimum atomic E-state index is -0.517. The first-order valence-corrected chi connectivity index (χ1v) is 16.3. The summed E-state index contributed by atoms with van der Waals surface area (Å²) in [5.41, 5.74) is 3.08. The molecule has 254 valence electrons. The van der Waals surface area contributed by atoms with Crippen LogP contribution in [0.15, 0.2) is 105 Å². The summed E-state index contributed by atoms with van der Waals surface area (Å²) in [7, 11) is 2.78. The molecule has 12 nitrogen and oxygen atoms in total. The lowest BCUT2D eigenvalue weighted by molar-refractivity contribution is 0.0635. The first-order valence-electron chi connectivity index (χ1n) is 15.6. The molecular formula is C38H22Cl2N6O6. The van der Waals surface area contributed by atoms with Gasteiger partial charge in [-0.1, -0.05) is 59.6 Å². The molecule has 0 unspecified atom stereocenters. The van der Waals surface area contributed by atoms with Crippen LogP contribution in [0.4, 0.5) is 22.7 Å². The average molecular weight is 730 g/mol. The molecule has 0 spiro atoms. The van der Waals surface area contributed by atoms with Gasteiger partial charge in [0.1, 0.15) is 22.7 Å². The predicted molar refractivity (Wildman–Crippen MR) is 194 cm³/mol. The van der Waals surface area contributed by atoms with E-state index in [4.69, 9.17) is 23.2 Å². The fourth-order valence-electron chi connectivity index (χ4n) is 6.41. The minimum Gasteiger partial charge on any atom is -0.505 e. The molecule has 0 bridgehead atoms. The smallest absolute Gasteiger partial charge is 0.261 e. The van der Waals surface area contributed by atoms with Crippen LogP contribution in [0.1, 0.15) is 41.4 Å². The van der Waals surface area contributed by atoms with Gasteiger partial charge in [-0.2, -0.15) is 0 Å². The van der Waals surface area contributed by atoms with Crippen molar-refractivity contribution in [2.45, 2.75) is 0 Å². The van der Waals surface area contributed by atoms with E-state index >= 15 is 0 Å². The van der Waals surface area contributed by atoms with Gasteiger partial charge in [0, 0.05) is 46.8 Å². The average Bonchev–Trinajstić information content (AvgIpc) is 3.15. The number of azo groups is 2. The second-order valence-corrected chi connectivity index (χ2v) is 12.9. The number of imide groups is 2. The molecule has 2 heterocycles. The molecule has 2 aliphatic rings. The Hall–Kier alpha value is -6.50. The number of benzene rings is 6. The summed E-state index contributed by atoms with van der Waals surface area (Å²) < 4.78 is 0. The van der Waals surface area contributed by atoms with Crippen molar-refractivity contribution in [3.8, 4) is 22.6 Å². The molecule has 14 heteroatoms. The van der Waals surface area contributed by atoms with Gasteiger partial charge in [0.15, 0.2) is 11.5 Å². The van der Waals surface area contributed by atoms with Crippen LogP contribution in [0, 0.1) is 0 Å². The van der Waals surface area contributed by atoms with E-state index in [1.165, 1.54) is 26.2 Å². The Morgan fingerprint density at radius 3 is 1.23 bits per heavy atom. The number of halogens is 2. The van der Waals surface area contributed by atoms with Gasteiger partial charge in [0.05, 0.1) is 21.2 Å². The van der Waals surface area contributed by atoms with Gasteiger partial charge in [-0.25, -0.2) is 0 Å². The molecular weight excluding hydrogens is 707 g/mol. The van der Waals surface area contributed by atoms with Gasteiger partial charge in [0.25, 0.3) is 23.6 Å². The Morgan fingerprint density at radius 2 is 0.846 bits per heavy atom. The largest absolute Gasteiger partial charge is 0.505 e. The number of hydrogen-bond donors (Lipinski definition) is 2. The van der Waals surface area contributed by atoms with Gasteiger partial charge in [0.2, 0.25) is 0 Å². The van der Waals surface area contributed by atoms with Crippen molar-refractivity contribution >= 4 is 91.1 Å². The molecule has 0 aromatic heterocycles. The van der Waals surface area contributed by atoms with Crippen LogP contribution in [0.25, 0.3) is 32.7 Å². The Bertz CT molecular complexity index is 2530. The number of carbonyl (C=O) groups is 4. The number of hydrogen-bond acceptors (Lipinski definition) is 10. The molecule has 0 saturated carbocycles. The van der Waals surface area contributed by atoms with E-state index < -0.39 is 23.6 Å². The molecule has 8 rings (SSSR count). The third-order valence-electron chi connectivity index (χ3n) is 9.12. The summed E-state index contributed by atoms with van der Waals surface area (Å²) >= 11 is 13.2. The maximum Gasteiger partial charge on any atom is 0.261 e. The molecule has 0 aliphatic carbocycles. The van der Waals surface area contributed by atoms with Crippen molar-refractivity contribution in [3.05, 3.63) is 117 Å². The highest BCUT2D eigenvalue weighted by Crippen LogP contribution is 2.44. The zero-order valence-corrected chi connectivity index (χ0v) is 28.6. The number of phenols is 2. The predicted octanol–water partition coefficient (Wildman–Crippen LogP) is 9.66. The molecule has 0 fully saturated rings. The highest BCUT2D eigenvalue weighted by atomic mass is 35.5. The van der Waals surface area contributed by atoms with Crippen molar-refractivity contribution in [1.29, 1.82) is 0 Å². The van der Waals surface area contributed by atoms with Crippen LogP contribution in [0.5, 0.6) is 11.5 Å². The second kappa shape index (κ2) is 12.1. The van der Waals surface area contributed by atoms with E-state index in [1.807, 2.05) is 0 Å². The van der Waals surface area contributed by atoms with Crippen LogP contribution in [0.2, 0.25) is 10.0 Å². The van der Waals surface area contributed by atoms with Gasteiger partial charge < -0.3 is 10.2 Å². The van der Waals surface area contributed by atoms with Crippen LogP contribution >= 0.6 is 23.2 Å². The van der Waals surface area contributed by atoms with Crippen molar-refractivity contribution in [3.63, 3.8) is 0 Å². The zero-order valence-electron chi connectivity index (χ0n) is 27.0. The Balaban J connectivity index is 1.06. The van der Waals surface area contributed by atoms with Gasteiger partial charge >= 0.3 is 0 Å². The zero-order chi connectivity index (χ0) is 36.6. The second-order valence-electron chi connectivity index (χ2n) is 12.1. The molecule has 6 aromatic rings. The fraction of sp³-hybridized carbons (Fsp3) is 0.0526. The summed E-state index contributed by atoms with van der Waals surface area (Å²) in [5, 5.41) is 40.6. The topological polar surface area (TPSA) is 165 Å². The first kappa shape index (κ1) is 32.7. The number of nitrogens with zero attached hydrogens (tertiary/aromatic N) is 6. The summed E-state index contributed by atoms with van der Waals surface area (Å²) in [6.45, 7) is 0. The number of carbonyl (C=O) groups excluding carboxylic acids is 4. The Labute approximate surface area is 303 Å². The number of rotatable bonds is 5. The summed E-state index contributed by atoms with van der Waals surface area (Å²) in [6, 6.07) is 22.5. The maximum absolute atomic E-state index is 12.9. The van der Waals surface area contributed by atoms with E-state index in [0.717, 1.165) is 9.80 Å². The van der Waals surface area contributed by atoms with E-state index in [-0.39, 0.29) is 55.4 Å². The molecule has 2 aliphatic heterocycles. The first-order chi connectivity index (χ1) is 24.9. The van der Waals surface area contributed by atoms with Crippen molar-refractivity contribution in [2.75, 3.05) is 14.1 Å². The number of phenolic OH excluding ortho intramolecular Hbond substituents is 2.